The van der Waals surface area contributed by atoms with Crippen LogP contribution in [0.4, 0.5) is 14.5 Å². The van der Waals surface area contributed by atoms with Crippen molar-refractivity contribution in [1.82, 2.24) is 4.90 Å². The van der Waals surface area contributed by atoms with E-state index in [9.17, 15) is 23.7 Å². The van der Waals surface area contributed by atoms with E-state index in [0.717, 1.165) is 12.1 Å². The van der Waals surface area contributed by atoms with Crippen molar-refractivity contribution in [2.24, 2.45) is 0 Å². The first kappa shape index (κ1) is 17.3. The fourth-order valence-corrected chi connectivity index (χ4v) is 1.97. The molecule has 0 saturated heterocycles. The van der Waals surface area contributed by atoms with Gasteiger partial charge in [0.1, 0.15) is 11.6 Å². The van der Waals surface area contributed by atoms with Crippen molar-refractivity contribution >= 4 is 11.6 Å². The lowest BCUT2D eigenvalue weighted by Gasteiger charge is -2.18. The zero-order chi connectivity index (χ0) is 17.7. The van der Waals surface area contributed by atoms with E-state index < -0.39 is 29.1 Å². The molecule has 0 fully saturated rings. The number of ether oxygens (including phenoxy) is 1. The maximum atomic E-state index is 13.6. The van der Waals surface area contributed by atoms with Crippen LogP contribution < -0.4 is 4.74 Å². The molecule has 0 bridgehead atoms. The number of para-hydroxylation sites is 2. The molecule has 6 nitrogen and oxygen atoms in total. The van der Waals surface area contributed by atoms with Crippen molar-refractivity contribution in [3.63, 3.8) is 0 Å². The maximum Gasteiger partial charge on any atom is 0.310 e. The van der Waals surface area contributed by atoms with Crippen molar-refractivity contribution in [2.45, 2.75) is 6.54 Å². The first-order valence-corrected chi connectivity index (χ1v) is 6.92. The maximum absolute atomic E-state index is 13.6. The molecular formula is C16H14F2N2O4. The van der Waals surface area contributed by atoms with Crippen LogP contribution in [0.2, 0.25) is 0 Å². The minimum absolute atomic E-state index is 0.0304. The van der Waals surface area contributed by atoms with Crippen molar-refractivity contribution in [3.8, 4) is 5.75 Å². The summed E-state index contributed by atoms with van der Waals surface area (Å²) in [7, 11) is 1.42. The Morgan fingerprint density at radius 2 is 1.96 bits per heavy atom. The summed E-state index contributed by atoms with van der Waals surface area (Å²) in [5, 5.41) is 10.9. The summed E-state index contributed by atoms with van der Waals surface area (Å²) < 4.78 is 31.6. The van der Waals surface area contributed by atoms with E-state index in [1.54, 1.807) is 6.07 Å². The Labute approximate surface area is 136 Å². The normalized spacial score (nSPS) is 10.3. The molecule has 2 aromatic carbocycles. The molecule has 0 spiro atoms. The molecule has 126 valence electrons. The molecule has 0 radical (unpaired) electrons. The number of nitrogens with zero attached hydrogens (tertiary/aromatic N) is 2. The van der Waals surface area contributed by atoms with Crippen LogP contribution in [0.25, 0.3) is 0 Å². The minimum Gasteiger partial charge on any atom is -0.477 e. The zero-order valence-corrected chi connectivity index (χ0v) is 12.7. The molecule has 0 heterocycles. The van der Waals surface area contributed by atoms with Gasteiger partial charge >= 0.3 is 5.69 Å². The van der Waals surface area contributed by atoms with E-state index >= 15 is 0 Å². The summed E-state index contributed by atoms with van der Waals surface area (Å²) in [4.78, 5) is 23.5. The third-order valence-electron chi connectivity index (χ3n) is 3.26. The SMILES string of the molecule is CN(Cc1ccc(F)cc1F)C(=O)COc1ccccc1[N+](=O)[O-]. The zero-order valence-electron chi connectivity index (χ0n) is 12.7. The monoisotopic (exact) mass is 336 g/mol. The molecule has 1 amide bonds. The molecule has 2 rings (SSSR count). The summed E-state index contributed by atoms with van der Waals surface area (Å²) in [6, 6.07) is 8.75. The Balaban J connectivity index is 1.98. The minimum atomic E-state index is -0.755. The number of nitro benzene ring substituents is 1. The van der Waals surface area contributed by atoms with E-state index in [-0.39, 0.29) is 23.5 Å². The number of hydrogen-bond acceptors (Lipinski definition) is 4. The molecule has 0 saturated carbocycles. The smallest absolute Gasteiger partial charge is 0.310 e. The number of nitro groups is 1. The first-order valence-electron chi connectivity index (χ1n) is 6.92. The molecule has 0 aliphatic carbocycles. The fourth-order valence-electron chi connectivity index (χ4n) is 1.97. The van der Waals surface area contributed by atoms with Crippen LogP contribution in [0.3, 0.4) is 0 Å². The van der Waals surface area contributed by atoms with Crippen LogP contribution >= 0.6 is 0 Å². The highest BCUT2D eigenvalue weighted by Gasteiger charge is 2.17. The van der Waals surface area contributed by atoms with Crippen molar-refractivity contribution in [3.05, 3.63) is 69.8 Å². The average Bonchev–Trinajstić information content (AvgIpc) is 2.55. The molecule has 0 aliphatic heterocycles. The van der Waals surface area contributed by atoms with Crippen molar-refractivity contribution in [2.75, 3.05) is 13.7 Å². The second-order valence-electron chi connectivity index (χ2n) is 5.00. The van der Waals surface area contributed by atoms with Gasteiger partial charge in [-0.15, -0.1) is 0 Å². The van der Waals surface area contributed by atoms with Gasteiger partial charge in [-0.1, -0.05) is 18.2 Å². The van der Waals surface area contributed by atoms with E-state index in [4.69, 9.17) is 4.74 Å². The number of carbonyl (C=O) groups is 1. The van der Waals surface area contributed by atoms with Gasteiger partial charge in [0.25, 0.3) is 5.91 Å². The third-order valence-corrected chi connectivity index (χ3v) is 3.26. The van der Waals surface area contributed by atoms with Gasteiger partial charge < -0.3 is 9.64 Å². The highest BCUT2D eigenvalue weighted by Crippen LogP contribution is 2.25. The Morgan fingerprint density at radius 3 is 2.62 bits per heavy atom. The number of likely N-dealkylation sites (N-methyl/N-ethyl adjacent to an activating group) is 1. The second kappa shape index (κ2) is 7.49. The van der Waals surface area contributed by atoms with Crippen molar-refractivity contribution < 1.29 is 23.2 Å². The number of rotatable bonds is 6. The van der Waals surface area contributed by atoms with Gasteiger partial charge in [-0.3, -0.25) is 14.9 Å². The second-order valence-corrected chi connectivity index (χ2v) is 5.00. The number of carbonyl (C=O) groups excluding carboxylic acids is 1. The molecule has 0 atom stereocenters. The quantitative estimate of drug-likeness (QED) is 0.600. The van der Waals surface area contributed by atoms with Gasteiger partial charge in [-0.2, -0.15) is 0 Å². The molecule has 24 heavy (non-hydrogen) atoms. The predicted octanol–water partition coefficient (Wildman–Crippen LogP) is 2.91. The fraction of sp³-hybridized carbons (Fsp3) is 0.188. The largest absolute Gasteiger partial charge is 0.477 e. The molecule has 0 aliphatic rings. The van der Waals surface area contributed by atoms with Crippen molar-refractivity contribution in [1.29, 1.82) is 0 Å². The summed E-state index contributed by atoms with van der Waals surface area (Å²) >= 11 is 0. The Hall–Kier alpha value is -3.03. The highest BCUT2D eigenvalue weighted by molar-refractivity contribution is 5.77. The third kappa shape index (κ3) is 4.25. The van der Waals surface area contributed by atoms with Crippen LogP contribution in [-0.2, 0) is 11.3 Å². The van der Waals surface area contributed by atoms with Crippen LogP contribution in [0, 0.1) is 21.7 Å². The Bertz CT molecular complexity index is 767. The van der Waals surface area contributed by atoms with Crippen LogP contribution in [0.15, 0.2) is 42.5 Å². The predicted molar refractivity (Wildman–Crippen MR) is 81.4 cm³/mol. The summed E-state index contributed by atoms with van der Waals surface area (Å²) in [6.45, 7) is -0.518. The lowest BCUT2D eigenvalue weighted by molar-refractivity contribution is -0.385. The molecule has 8 heteroatoms. The molecule has 0 unspecified atom stereocenters. The molecular weight excluding hydrogens is 322 g/mol. The van der Waals surface area contributed by atoms with Gasteiger partial charge in [0, 0.05) is 31.3 Å². The van der Waals surface area contributed by atoms with Gasteiger partial charge in [0.05, 0.1) is 4.92 Å². The highest BCUT2D eigenvalue weighted by atomic mass is 19.1. The lowest BCUT2D eigenvalue weighted by Crippen LogP contribution is -2.31. The number of halogens is 2. The summed E-state index contributed by atoms with van der Waals surface area (Å²) in [5.74, 6) is -1.99. The lowest BCUT2D eigenvalue weighted by atomic mass is 10.2. The van der Waals surface area contributed by atoms with Crippen LogP contribution in [-0.4, -0.2) is 29.4 Å². The standard InChI is InChI=1S/C16H14F2N2O4/c1-19(9-11-6-7-12(17)8-13(11)18)16(21)10-24-15-5-3-2-4-14(15)20(22)23/h2-8H,9-10H2,1H3. The number of hydrogen-bond donors (Lipinski definition) is 0. The van der Waals surface area contributed by atoms with E-state index in [1.165, 1.54) is 36.2 Å². The average molecular weight is 336 g/mol. The summed E-state index contributed by atoms with van der Waals surface area (Å²) in [6.07, 6.45) is 0. The number of amides is 1. The first-order chi connectivity index (χ1) is 11.4. The molecule has 2 aromatic rings. The summed E-state index contributed by atoms with van der Waals surface area (Å²) in [5.41, 5.74) is -0.101. The van der Waals surface area contributed by atoms with Crippen LogP contribution in [0.1, 0.15) is 5.56 Å². The molecule has 0 N–H and O–H groups in total. The van der Waals surface area contributed by atoms with Gasteiger partial charge in [-0.05, 0) is 12.1 Å². The van der Waals surface area contributed by atoms with E-state index in [1.807, 2.05) is 0 Å². The van der Waals surface area contributed by atoms with E-state index in [0.29, 0.717) is 0 Å². The Kier molecular flexibility index (Phi) is 5.41. The van der Waals surface area contributed by atoms with Gasteiger partial charge in [0.15, 0.2) is 12.4 Å². The Morgan fingerprint density at radius 1 is 1.25 bits per heavy atom. The van der Waals surface area contributed by atoms with E-state index in [2.05, 4.69) is 0 Å². The number of benzene rings is 2. The molecule has 0 aromatic heterocycles. The van der Waals surface area contributed by atoms with Gasteiger partial charge in [-0.25, -0.2) is 8.78 Å². The van der Waals surface area contributed by atoms with Crippen LogP contribution in [0.5, 0.6) is 5.75 Å². The topological polar surface area (TPSA) is 72.7 Å². The van der Waals surface area contributed by atoms with Gasteiger partial charge in [0.2, 0.25) is 0 Å².